The van der Waals surface area contributed by atoms with Crippen molar-refractivity contribution in [3.05, 3.63) is 53.6 Å². The number of benzene rings is 2. The Hall–Kier alpha value is -2.16. The van der Waals surface area contributed by atoms with Crippen molar-refractivity contribution >= 4 is 5.69 Å². The van der Waals surface area contributed by atoms with Crippen molar-refractivity contribution in [3.63, 3.8) is 0 Å². The van der Waals surface area contributed by atoms with E-state index in [0.717, 1.165) is 36.3 Å². The Bertz CT molecular complexity index is 602. The highest BCUT2D eigenvalue weighted by atomic mass is 16.5. The van der Waals surface area contributed by atoms with Gasteiger partial charge in [-0.3, -0.25) is 0 Å². The number of ether oxygens (including phenoxy) is 2. The summed E-state index contributed by atoms with van der Waals surface area (Å²) in [6.45, 7) is 0. The van der Waals surface area contributed by atoms with Gasteiger partial charge < -0.3 is 14.8 Å². The van der Waals surface area contributed by atoms with Gasteiger partial charge in [0.1, 0.15) is 11.5 Å². The fourth-order valence-electron chi connectivity index (χ4n) is 3.03. The van der Waals surface area contributed by atoms with Crippen LogP contribution in [0.2, 0.25) is 0 Å². The van der Waals surface area contributed by atoms with E-state index >= 15 is 0 Å². The number of hydrogen-bond donors (Lipinski definition) is 1. The molecule has 0 aromatic heterocycles. The molecule has 0 spiro atoms. The zero-order chi connectivity index (χ0) is 14.7. The van der Waals surface area contributed by atoms with Crippen LogP contribution < -0.4 is 14.8 Å². The highest BCUT2D eigenvalue weighted by Crippen LogP contribution is 2.32. The van der Waals surface area contributed by atoms with Gasteiger partial charge in [0.05, 0.1) is 14.2 Å². The first-order valence-electron chi connectivity index (χ1n) is 7.36. The summed E-state index contributed by atoms with van der Waals surface area (Å²) in [5, 5.41) is 3.64. The fourth-order valence-corrected chi connectivity index (χ4v) is 3.03. The molecule has 1 aliphatic rings. The summed E-state index contributed by atoms with van der Waals surface area (Å²) in [6, 6.07) is 14.9. The summed E-state index contributed by atoms with van der Waals surface area (Å²) >= 11 is 0. The maximum absolute atomic E-state index is 5.49. The van der Waals surface area contributed by atoms with E-state index in [-0.39, 0.29) is 0 Å². The van der Waals surface area contributed by atoms with Crippen LogP contribution in [0.1, 0.15) is 17.5 Å². The first kappa shape index (κ1) is 13.8. The van der Waals surface area contributed by atoms with E-state index in [0.29, 0.717) is 6.04 Å². The molecule has 3 heteroatoms. The number of methoxy groups -OCH3 is 2. The highest BCUT2D eigenvalue weighted by Gasteiger charge is 2.20. The van der Waals surface area contributed by atoms with E-state index in [1.807, 2.05) is 18.2 Å². The number of para-hydroxylation sites is 1. The average Bonchev–Trinajstić information content (AvgIpc) is 2.55. The minimum Gasteiger partial charge on any atom is -0.496 e. The van der Waals surface area contributed by atoms with Crippen molar-refractivity contribution in [2.75, 3.05) is 19.5 Å². The van der Waals surface area contributed by atoms with Crippen molar-refractivity contribution in [2.24, 2.45) is 0 Å². The normalized spacial score (nSPS) is 16.8. The molecular formula is C18H21NO2. The molecule has 1 aliphatic heterocycles. The van der Waals surface area contributed by atoms with Crippen LogP contribution in [-0.4, -0.2) is 20.3 Å². The summed E-state index contributed by atoms with van der Waals surface area (Å²) in [6.07, 6.45) is 3.14. The van der Waals surface area contributed by atoms with Gasteiger partial charge in [0.15, 0.2) is 0 Å². The molecule has 1 atom stereocenters. The quantitative estimate of drug-likeness (QED) is 0.928. The molecule has 3 rings (SSSR count). The van der Waals surface area contributed by atoms with E-state index < -0.39 is 0 Å². The topological polar surface area (TPSA) is 30.5 Å². The molecule has 1 heterocycles. The molecule has 2 aromatic rings. The maximum atomic E-state index is 5.49. The Balaban J connectivity index is 1.82. The van der Waals surface area contributed by atoms with Gasteiger partial charge in [-0.05, 0) is 43.0 Å². The molecule has 21 heavy (non-hydrogen) atoms. The standard InChI is InChI=1S/C18H21NO2/c1-20-17-8-5-9-18(21-2)15(17)12-14-11-10-13-6-3-4-7-16(13)19-14/h3-9,14,19H,10-12H2,1-2H3. The Morgan fingerprint density at radius 2 is 1.71 bits per heavy atom. The van der Waals surface area contributed by atoms with E-state index in [4.69, 9.17) is 9.47 Å². The van der Waals surface area contributed by atoms with Crippen LogP contribution in [0.4, 0.5) is 5.69 Å². The molecule has 0 radical (unpaired) electrons. The van der Waals surface area contributed by atoms with E-state index in [2.05, 4.69) is 29.6 Å². The SMILES string of the molecule is COc1cccc(OC)c1CC1CCc2ccccc2N1. The lowest BCUT2D eigenvalue weighted by atomic mass is 9.93. The molecule has 0 amide bonds. The largest absolute Gasteiger partial charge is 0.496 e. The van der Waals surface area contributed by atoms with E-state index in [9.17, 15) is 0 Å². The third kappa shape index (κ3) is 2.82. The van der Waals surface area contributed by atoms with Crippen LogP contribution in [0, 0.1) is 0 Å². The molecule has 1 unspecified atom stereocenters. The smallest absolute Gasteiger partial charge is 0.125 e. The molecule has 1 N–H and O–H groups in total. The molecule has 0 bridgehead atoms. The lowest BCUT2D eigenvalue weighted by Crippen LogP contribution is -2.27. The molecule has 0 saturated carbocycles. The van der Waals surface area contributed by atoms with Gasteiger partial charge in [-0.2, -0.15) is 0 Å². The fraction of sp³-hybridized carbons (Fsp3) is 0.333. The lowest BCUT2D eigenvalue weighted by molar-refractivity contribution is 0.382. The van der Waals surface area contributed by atoms with Crippen LogP contribution in [0.5, 0.6) is 11.5 Å². The molecule has 110 valence electrons. The van der Waals surface area contributed by atoms with E-state index in [1.165, 1.54) is 11.3 Å². The summed E-state index contributed by atoms with van der Waals surface area (Å²) in [7, 11) is 3.42. The van der Waals surface area contributed by atoms with E-state index in [1.54, 1.807) is 14.2 Å². The number of fused-ring (bicyclic) bond motifs is 1. The van der Waals surface area contributed by atoms with Crippen LogP contribution in [0.3, 0.4) is 0 Å². The number of rotatable bonds is 4. The Morgan fingerprint density at radius 1 is 1.00 bits per heavy atom. The zero-order valence-corrected chi connectivity index (χ0v) is 12.6. The monoisotopic (exact) mass is 283 g/mol. The second-order valence-corrected chi connectivity index (χ2v) is 5.38. The first-order valence-corrected chi connectivity index (χ1v) is 7.36. The first-order chi connectivity index (χ1) is 10.3. The number of aryl methyl sites for hydroxylation is 1. The number of hydrogen-bond acceptors (Lipinski definition) is 3. The van der Waals surface area contributed by atoms with Crippen molar-refractivity contribution in [1.29, 1.82) is 0 Å². The van der Waals surface area contributed by atoms with Gasteiger partial charge in [0.25, 0.3) is 0 Å². The van der Waals surface area contributed by atoms with Crippen molar-refractivity contribution in [3.8, 4) is 11.5 Å². The third-order valence-electron chi connectivity index (χ3n) is 4.12. The van der Waals surface area contributed by atoms with Gasteiger partial charge in [0.2, 0.25) is 0 Å². The van der Waals surface area contributed by atoms with Crippen LogP contribution in [0.15, 0.2) is 42.5 Å². The molecular weight excluding hydrogens is 262 g/mol. The summed E-state index contributed by atoms with van der Waals surface area (Å²) in [4.78, 5) is 0. The van der Waals surface area contributed by atoms with Gasteiger partial charge in [0, 0.05) is 17.3 Å². The average molecular weight is 283 g/mol. The number of nitrogens with one attached hydrogen (secondary N) is 1. The molecule has 2 aromatic carbocycles. The molecule has 0 fully saturated rings. The lowest BCUT2D eigenvalue weighted by Gasteiger charge is -2.28. The highest BCUT2D eigenvalue weighted by molar-refractivity contribution is 5.55. The van der Waals surface area contributed by atoms with Crippen molar-refractivity contribution < 1.29 is 9.47 Å². The summed E-state index contributed by atoms with van der Waals surface area (Å²) in [5.74, 6) is 1.80. The van der Waals surface area contributed by atoms with Gasteiger partial charge >= 0.3 is 0 Å². The van der Waals surface area contributed by atoms with Crippen LogP contribution in [-0.2, 0) is 12.8 Å². The molecule has 3 nitrogen and oxygen atoms in total. The van der Waals surface area contributed by atoms with Crippen LogP contribution >= 0.6 is 0 Å². The van der Waals surface area contributed by atoms with Crippen LogP contribution in [0.25, 0.3) is 0 Å². The maximum Gasteiger partial charge on any atom is 0.125 e. The second-order valence-electron chi connectivity index (χ2n) is 5.38. The van der Waals surface area contributed by atoms with Crippen molar-refractivity contribution in [1.82, 2.24) is 0 Å². The Kier molecular flexibility index (Phi) is 4.00. The Morgan fingerprint density at radius 3 is 2.43 bits per heavy atom. The van der Waals surface area contributed by atoms with Gasteiger partial charge in [-0.25, -0.2) is 0 Å². The minimum atomic E-state index is 0.408. The Labute approximate surface area is 125 Å². The second kappa shape index (κ2) is 6.08. The summed E-state index contributed by atoms with van der Waals surface area (Å²) in [5.41, 5.74) is 3.79. The van der Waals surface area contributed by atoms with Gasteiger partial charge in [-0.15, -0.1) is 0 Å². The molecule has 0 saturated heterocycles. The predicted octanol–water partition coefficient (Wildman–Crippen LogP) is 3.67. The third-order valence-corrected chi connectivity index (χ3v) is 4.12. The predicted molar refractivity (Wildman–Crippen MR) is 85.4 cm³/mol. The van der Waals surface area contributed by atoms with Gasteiger partial charge in [-0.1, -0.05) is 24.3 Å². The summed E-state index contributed by atoms with van der Waals surface area (Å²) < 4.78 is 11.0. The molecule has 0 aliphatic carbocycles. The zero-order valence-electron chi connectivity index (χ0n) is 12.6. The number of anilines is 1. The minimum absolute atomic E-state index is 0.408. The van der Waals surface area contributed by atoms with Crippen molar-refractivity contribution in [2.45, 2.75) is 25.3 Å².